The van der Waals surface area contributed by atoms with Gasteiger partial charge in [0.15, 0.2) is 9.84 Å². The van der Waals surface area contributed by atoms with Crippen LogP contribution >= 0.6 is 0 Å². The molecule has 0 spiro atoms. The third-order valence-corrected chi connectivity index (χ3v) is 6.07. The van der Waals surface area contributed by atoms with E-state index in [-0.39, 0.29) is 17.5 Å². The molecule has 0 aromatic heterocycles. The molecule has 5 heteroatoms. The maximum Gasteiger partial charge on any atom is 0.154 e. The zero-order valence-corrected chi connectivity index (χ0v) is 12.8. The molecule has 0 radical (unpaired) electrons. The summed E-state index contributed by atoms with van der Waals surface area (Å²) in [4.78, 5) is 2.14. The molecule has 21 heavy (non-hydrogen) atoms. The van der Waals surface area contributed by atoms with Gasteiger partial charge in [0.2, 0.25) is 0 Å². The van der Waals surface area contributed by atoms with E-state index in [0.717, 1.165) is 25.9 Å². The molecule has 2 fully saturated rings. The van der Waals surface area contributed by atoms with Crippen LogP contribution in [0.25, 0.3) is 6.08 Å². The van der Waals surface area contributed by atoms with Crippen LogP contribution in [0.2, 0.25) is 0 Å². The predicted octanol–water partition coefficient (Wildman–Crippen LogP) is 1.32. The molecule has 0 aliphatic carbocycles. The number of piperidine rings is 1. The normalized spacial score (nSPS) is 29.5. The first-order valence-electron chi connectivity index (χ1n) is 7.40. The Kier molecular flexibility index (Phi) is 4.15. The quantitative estimate of drug-likeness (QED) is 0.895. The Hall–Kier alpha value is -1.17. The maximum absolute atomic E-state index is 11.6. The number of rotatable bonds is 2. The van der Waals surface area contributed by atoms with Crippen molar-refractivity contribution in [3.8, 4) is 0 Å². The highest BCUT2D eigenvalue weighted by molar-refractivity contribution is 7.91. The molecule has 2 atom stereocenters. The second-order valence-electron chi connectivity index (χ2n) is 5.96. The molecule has 2 heterocycles. The molecular formula is C16H21NO3S. The fourth-order valence-corrected chi connectivity index (χ4v) is 5.06. The van der Waals surface area contributed by atoms with Crippen LogP contribution < -0.4 is 0 Å². The average Bonchev–Trinajstić information content (AvgIpc) is 2.74. The van der Waals surface area contributed by atoms with Gasteiger partial charge >= 0.3 is 0 Å². The number of aliphatic hydroxyl groups is 1. The lowest BCUT2D eigenvalue weighted by atomic mass is 9.99. The summed E-state index contributed by atoms with van der Waals surface area (Å²) in [6.45, 7) is 1.66. The first-order valence-corrected chi connectivity index (χ1v) is 9.23. The van der Waals surface area contributed by atoms with E-state index < -0.39 is 15.9 Å². The van der Waals surface area contributed by atoms with E-state index in [1.807, 2.05) is 18.2 Å². The third kappa shape index (κ3) is 3.54. The highest BCUT2D eigenvalue weighted by Crippen LogP contribution is 2.25. The lowest BCUT2D eigenvalue weighted by Gasteiger charge is -2.34. The average molecular weight is 307 g/mol. The maximum atomic E-state index is 11.6. The van der Waals surface area contributed by atoms with Gasteiger partial charge in [-0.05, 0) is 18.4 Å². The number of nitrogens with zero attached hydrogens (tertiary/aromatic N) is 1. The van der Waals surface area contributed by atoms with E-state index in [1.165, 1.54) is 11.1 Å². The van der Waals surface area contributed by atoms with Crippen molar-refractivity contribution in [1.82, 2.24) is 4.90 Å². The summed E-state index contributed by atoms with van der Waals surface area (Å²) in [6, 6.07) is 10.0. The van der Waals surface area contributed by atoms with Gasteiger partial charge in [0, 0.05) is 13.1 Å². The Bertz CT molecular complexity index is 614. The molecule has 3 rings (SSSR count). The summed E-state index contributed by atoms with van der Waals surface area (Å²) in [5.74, 6) is 0.0206. The minimum absolute atomic E-state index is 0.0825. The smallest absolute Gasteiger partial charge is 0.154 e. The van der Waals surface area contributed by atoms with Gasteiger partial charge in [-0.2, -0.15) is 0 Å². The molecule has 1 N–H and O–H groups in total. The molecule has 0 amide bonds. The molecule has 1 aromatic rings. The van der Waals surface area contributed by atoms with Crippen LogP contribution in [0.3, 0.4) is 0 Å². The van der Waals surface area contributed by atoms with Crippen LogP contribution in [0.15, 0.2) is 35.9 Å². The summed E-state index contributed by atoms with van der Waals surface area (Å²) in [7, 11) is -3.06. The number of likely N-dealkylation sites (tertiary alicyclic amines) is 1. The van der Waals surface area contributed by atoms with Crippen LogP contribution in [-0.4, -0.2) is 55.2 Å². The zero-order chi connectivity index (χ0) is 14.9. The molecule has 2 aliphatic rings. The number of sulfone groups is 1. The van der Waals surface area contributed by atoms with Crippen molar-refractivity contribution in [3.63, 3.8) is 0 Å². The molecule has 0 bridgehead atoms. The van der Waals surface area contributed by atoms with Gasteiger partial charge in [-0.25, -0.2) is 8.42 Å². The first-order chi connectivity index (χ1) is 10.0. The highest BCUT2D eigenvalue weighted by atomic mass is 32.2. The Labute approximate surface area is 126 Å². The van der Waals surface area contributed by atoms with Crippen LogP contribution in [0, 0.1) is 0 Å². The molecule has 2 saturated heterocycles. The monoisotopic (exact) mass is 307 g/mol. The Balaban J connectivity index is 1.62. The molecule has 114 valence electrons. The van der Waals surface area contributed by atoms with Gasteiger partial charge in [-0.15, -0.1) is 0 Å². The lowest BCUT2D eigenvalue weighted by Crippen LogP contribution is -2.46. The Morgan fingerprint density at radius 1 is 1.10 bits per heavy atom. The van der Waals surface area contributed by atoms with Crippen molar-refractivity contribution in [1.29, 1.82) is 0 Å². The number of hydrogen-bond donors (Lipinski definition) is 1. The van der Waals surface area contributed by atoms with Crippen molar-refractivity contribution in [2.24, 2.45) is 0 Å². The van der Waals surface area contributed by atoms with Gasteiger partial charge in [0.25, 0.3) is 0 Å². The fraction of sp³-hybridized carbons (Fsp3) is 0.500. The summed E-state index contributed by atoms with van der Waals surface area (Å²) in [5, 5.41) is 9.94. The standard InChI is InChI=1S/C16H21NO3S/c18-16-12-21(19,20)11-15(16)17-8-6-14(7-9-17)10-13-4-2-1-3-5-13/h1-5,10,15-16,18H,6-9,11-12H2/t15-,16-/m1/s1. The SMILES string of the molecule is O=S1(=O)C[C@@H](O)[C@H](N2CCC(=Cc3ccccc3)CC2)C1. The number of hydrogen-bond acceptors (Lipinski definition) is 4. The van der Waals surface area contributed by atoms with Gasteiger partial charge in [-0.1, -0.05) is 42.0 Å². The second-order valence-corrected chi connectivity index (χ2v) is 8.11. The van der Waals surface area contributed by atoms with Gasteiger partial charge in [0.05, 0.1) is 23.7 Å². The minimum Gasteiger partial charge on any atom is -0.390 e. The fourth-order valence-electron chi connectivity index (χ4n) is 3.23. The molecular weight excluding hydrogens is 286 g/mol. The van der Waals surface area contributed by atoms with Crippen LogP contribution in [0.5, 0.6) is 0 Å². The topological polar surface area (TPSA) is 57.6 Å². The lowest BCUT2D eigenvalue weighted by molar-refractivity contribution is 0.0781. The van der Waals surface area contributed by atoms with Crippen molar-refractivity contribution in [2.45, 2.75) is 25.0 Å². The highest BCUT2D eigenvalue weighted by Gasteiger charge is 2.40. The van der Waals surface area contributed by atoms with Crippen molar-refractivity contribution in [2.75, 3.05) is 24.6 Å². The van der Waals surface area contributed by atoms with Crippen molar-refractivity contribution < 1.29 is 13.5 Å². The number of benzene rings is 1. The van der Waals surface area contributed by atoms with Gasteiger partial charge < -0.3 is 5.11 Å². The third-order valence-electron chi connectivity index (χ3n) is 4.37. The summed E-state index contributed by atoms with van der Waals surface area (Å²) >= 11 is 0. The van der Waals surface area contributed by atoms with Crippen LogP contribution in [-0.2, 0) is 9.84 Å². The molecule has 2 aliphatic heterocycles. The van der Waals surface area contributed by atoms with Crippen LogP contribution in [0.1, 0.15) is 18.4 Å². The van der Waals surface area contributed by atoms with Crippen molar-refractivity contribution in [3.05, 3.63) is 41.5 Å². The van der Waals surface area contributed by atoms with Crippen LogP contribution in [0.4, 0.5) is 0 Å². The predicted molar refractivity (Wildman–Crippen MR) is 83.7 cm³/mol. The van der Waals surface area contributed by atoms with E-state index in [9.17, 15) is 13.5 Å². The van der Waals surface area contributed by atoms with E-state index in [4.69, 9.17) is 0 Å². The van der Waals surface area contributed by atoms with Gasteiger partial charge in [-0.3, -0.25) is 4.90 Å². The summed E-state index contributed by atoms with van der Waals surface area (Å²) < 4.78 is 23.2. The molecule has 1 aromatic carbocycles. The largest absolute Gasteiger partial charge is 0.390 e. The van der Waals surface area contributed by atoms with E-state index in [2.05, 4.69) is 23.1 Å². The Morgan fingerprint density at radius 3 is 2.33 bits per heavy atom. The van der Waals surface area contributed by atoms with E-state index in [1.54, 1.807) is 0 Å². The second kappa shape index (κ2) is 5.91. The number of aliphatic hydroxyl groups excluding tert-OH is 1. The molecule has 4 nitrogen and oxygen atoms in total. The zero-order valence-electron chi connectivity index (χ0n) is 12.0. The molecule has 0 unspecified atom stereocenters. The minimum atomic E-state index is -3.06. The van der Waals surface area contributed by atoms with Gasteiger partial charge in [0.1, 0.15) is 0 Å². The summed E-state index contributed by atoms with van der Waals surface area (Å²) in [5.41, 5.74) is 2.61. The first kappa shape index (κ1) is 14.8. The van der Waals surface area contributed by atoms with Crippen molar-refractivity contribution >= 4 is 15.9 Å². The molecule has 0 saturated carbocycles. The van der Waals surface area contributed by atoms with E-state index >= 15 is 0 Å². The summed E-state index contributed by atoms with van der Waals surface area (Å²) in [6.07, 6.45) is 3.38. The van der Waals surface area contributed by atoms with E-state index in [0.29, 0.717) is 0 Å². The Morgan fingerprint density at radius 2 is 1.76 bits per heavy atom.